The highest BCUT2D eigenvalue weighted by Gasteiger charge is 2.21. The number of aryl methyl sites for hydroxylation is 1. The monoisotopic (exact) mass is 582 g/mol. The predicted octanol–water partition coefficient (Wildman–Crippen LogP) is 4.92. The number of Topliss-reactive ketones (excluding diaryl/α,β-unsaturated/α-hetero) is 1. The van der Waals surface area contributed by atoms with Crippen molar-refractivity contribution in [2.24, 2.45) is 16.5 Å². The highest BCUT2D eigenvalue weighted by atomic mass is 32.2. The number of benzene rings is 3. The number of hydrogen-bond acceptors (Lipinski definition) is 6. The summed E-state index contributed by atoms with van der Waals surface area (Å²) < 4.78 is 63.0. The first-order valence-corrected chi connectivity index (χ1v) is 13.8. The summed E-state index contributed by atoms with van der Waals surface area (Å²) in [5.74, 6) is -1.70. The third kappa shape index (κ3) is 6.88. The van der Waals surface area contributed by atoms with Crippen LogP contribution in [0.15, 0.2) is 77.4 Å². The van der Waals surface area contributed by atoms with E-state index in [9.17, 15) is 22.0 Å². The highest BCUT2D eigenvalue weighted by molar-refractivity contribution is 7.90. The van der Waals surface area contributed by atoms with Crippen molar-refractivity contribution in [2.45, 2.75) is 26.8 Å². The van der Waals surface area contributed by atoms with E-state index in [1.807, 2.05) is 0 Å². The molecular weight excluding hydrogens is 554 g/mol. The SMILES string of the molecule is Cc1cc(Oc2ccccc2F)ccc1N=C(N)C(=CN)C(=O)c1cc2cc(F)c(NS(=O)(=O)NC(C)C)cc2[nH]1. The van der Waals surface area contributed by atoms with E-state index in [4.69, 9.17) is 16.2 Å². The number of carbonyl (C=O) groups is 1. The molecule has 0 bridgehead atoms. The van der Waals surface area contributed by atoms with Gasteiger partial charge >= 0.3 is 0 Å². The molecule has 0 aliphatic carbocycles. The van der Waals surface area contributed by atoms with Gasteiger partial charge in [0.25, 0.3) is 10.2 Å². The lowest BCUT2D eigenvalue weighted by Gasteiger charge is -2.12. The van der Waals surface area contributed by atoms with Gasteiger partial charge in [-0.3, -0.25) is 9.52 Å². The quantitative estimate of drug-likeness (QED) is 0.0771. The Labute approximate surface area is 235 Å². The van der Waals surface area contributed by atoms with E-state index in [0.717, 1.165) is 12.3 Å². The van der Waals surface area contributed by atoms with E-state index in [0.29, 0.717) is 27.9 Å². The van der Waals surface area contributed by atoms with Gasteiger partial charge in [0.05, 0.1) is 22.6 Å². The number of carbonyl (C=O) groups excluding carboxylic acids is 1. The Morgan fingerprint density at radius 1 is 1.07 bits per heavy atom. The first-order chi connectivity index (χ1) is 19.4. The maximum absolute atomic E-state index is 14.6. The van der Waals surface area contributed by atoms with E-state index in [1.165, 1.54) is 24.3 Å². The van der Waals surface area contributed by atoms with Crippen LogP contribution < -0.4 is 25.6 Å². The Bertz CT molecular complexity index is 1800. The second-order valence-electron chi connectivity index (χ2n) is 9.37. The van der Waals surface area contributed by atoms with E-state index in [1.54, 1.807) is 51.1 Å². The van der Waals surface area contributed by atoms with Gasteiger partial charge in [0.2, 0.25) is 5.78 Å². The molecule has 1 heterocycles. The molecule has 3 aromatic carbocycles. The zero-order chi connectivity index (χ0) is 29.9. The average molecular weight is 583 g/mol. The maximum Gasteiger partial charge on any atom is 0.299 e. The Balaban J connectivity index is 1.57. The number of ether oxygens (including phenoxy) is 1. The van der Waals surface area contributed by atoms with Crippen LogP contribution in [0.2, 0.25) is 0 Å². The van der Waals surface area contributed by atoms with E-state index >= 15 is 0 Å². The van der Waals surface area contributed by atoms with Crippen LogP contribution in [0, 0.1) is 18.6 Å². The minimum Gasteiger partial charge on any atom is -0.454 e. The molecule has 0 spiro atoms. The van der Waals surface area contributed by atoms with Crippen LogP contribution in [-0.4, -0.2) is 31.1 Å². The number of aromatic amines is 1. The number of fused-ring (bicyclic) bond motifs is 1. The van der Waals surface area contributed by atoms with Gasteiger partial charge < -0.3 is 21.2 Å². The Kier molecular flexibility index (Phi) is 8.40. The Morgan fingerprint density at radius 2 is 1.80 bits per heavy atom. The summed E-state index contributed by atoms with van der Waals surface area (Å²) in [4.78, 5) is 20.4. The van der Waals surface area contributed by atoms with Crippen LogP contribution >= 0.6 is 0 Å². The average Bonchev–Trinajstić information content (AvgIpc) is 3.29. The number of hydrogen-bond donors (Lipinski definition) is 5. The molecule has 0 aliphatic rings. The zero-order valence-electron chi connectivity index (χ0n) is 22.3. The van der Waals surface area contributed by atoms with Gasteiger partial charge in [-0.2, -0.15) is 13.1 Å². The molecule has 0 amide bonds. The third-order valence-corrected chi connectivity index (χ3v) is 7.02. The van der Waals surface area contributed by atoms with Crippen molar-refractivity contribution >= 4 is 44.1 Å². The number of nitrogens with one attached hydrogen (secondary N) is 3. The topological polar surface area (TPSA) is 165 Å². The first-order valence-electron chi connectivity index (χ1n) is 12.3. The van der Waals surface area contributed by atoms with E-state index in [2.05, 4.69) is 19.4 Å². The largest absolute Gasteiger partial charge is 0.454 e. The van der Waals surface area contributed by atoms with Crippen molar-refractivity contribution in [2.75, 3.05) is 4.72 Å². The van der Waals surface area contributed by atoms with Crippen LogP contribution in [0.25, 0.3) is 10.9 Å². The van der Waals surface area contributed by atoms with Crippen molar-refractivity contribution in [1.29, 1.82) is 0 Å². The molecule has 4 aromatic rings. The summed E-state index contributed by atoms with van der Waals surface area (Å²) in [7, 11) is -4.02. The number of nitrogens with two attached hydrogens (primary N) is 2. The molecule has 0 unspecified atom stereocenters. The van der Waals surface area contributed by atoms with Gasteiger partial charge in [-0.15, -0.1) is 0 Å². The number of amidine groups is 1. The fraction of sp³-hybridized carbons (Fsp3) is 0.143. The summed E-state index contributed by atoms with van der Waals surface area (Å²) in [6.07, 6.45) is 1.01. The molecule has 13 heteroatoms. The van der Waals surface area contributed by atoms with E-state index in [-0.39, 0.29) is 28.5 Å². The molecular formula is C28H28F2N6O4S. The zero-order valence-corrected chi connectivity index (χ0v) is 23.1. The fourth-order valence-electron chi connectivity index (χ4n) is 3.92. The van der Waals surface area contributed by atoms with Gasteiger partial charge in [0.1, 0.15) is 17.4 Å². The summed E-state index contributed by atoms with van der Waals surface area (Å²) in [6, 6.07) is 14.1. The molecule has 0 aliphatic heterocycles. The predicted molar refractivity (Wildman–Crippen MR) is 155 cm³/mol. The molecule has 0 saturated carbocycles. The molecule has 0 atom stereocenters. The number of anilines is 1. The number of rotatable bonds is 10. The second-order valence-corrected chi connectivity index (χ2v) is 10.8. The van der Waals surface area contributed by atoms with Crippen molar-refractivity contribution in [3.05, 3.63) is 95.3 Å². The van der Waals surface area contributed by atoms with Crippen molar-refractivity contribution in [3.63, 3.8) is 0 Å². The number of halogens is 2. The lowest BCUT2D eigenvalue weighted by molar-refractivity contribution is 0.103. The first kappa shape index (κ1) is 29.2. The summed E-state index contributed by atoms with van der Waals surface area (Å²) >= 11 is 0. The fourth-order valence-corrected chi connectivity index (χ4v) is 5.05. The van der Waals surface area contributed by atoms with Crippen LogP contribution in [0.3, 0.4) is 0 Å². The molecule has 41 heavy (non-hydrogen) atoms. The molecule has 0 fully saturated rings. The van der Waals surface area contributed by atoms with Gasteiger partial charge in [-0.05, 0) is 74.9 Å². The van der Waals surface area contributed by atoms with Gasteiger partial charge in [0.15, 0.2) is 11.6 Å². The molecule has 4 rings (SSSR count). The number of aromatic nitrogens is 1. The normalized spacial score (nSPS) is 12.6. The third-order valence-electron chi connectivity index (χ3n) is 5.75. The number of ketones is 1. The second kappa shape index (κ2) is 11.8. The van der Waals surface area contributed by atoms with Crippen molar-refractivity contribution in [1.82, 2.24) is 9.71 Å². The van der Waals surface area contributed by atoms with Gasteiger partial charge in [-0.25, -0.2) is 13.8 Å². The van der Waals surface area contributed by atoms with Crippen LogP contribution in [0.5, 0.6) is 11.5 Å². The Morgan fingerprint density at radius 3 is 2.46 bits per heavy atom. The van der Waals surface area contributed by atoms with Crippen LogP contribution in [-0.2, 0) is 10.2 Å². The van der Waals surface area contributed by atoms with Crippen molar-refractivity contribution in [3.8, 4) is 11.5 Å². The van der Waals surface area contributed by atoms with Gasteiger partial charge in [-0.1, -0.05) is 12.1 Å². The van der Waals surface area contributed by atoms with Crippen LogP contribution in [0.4, 0.5) is 20.2 Å². The van der Waals surface area contributed by atoms with Crippen molar-refractivity contribution < 1.29 is 26.7 Å². The molecule has 7 N–H and O–H groups in total. The highest BCUT2D eigenvalue weighted by Crippen LogP contribution is 2.30. The number of para-hydroxylation sites is 1. The number of nitrogens with zero attached hydrogens (tertiary/aromatic N) is 1. The lowest BCUT2D eigenvalue weighted by Crippen LogP contribution is -2.35. The number of aliphatic imine (C=N–C) groups is 1. The van der Waals surface area contributed by atoms with E-state index < -0.39 is 33.7 Å². The molecule has 0 saturated heterocycles. The maximum atomic E-state index is 14.6. The summed E-state index contributed by atoms with van der Waals surface area (Å²) in [5, 5.41) is 0.318. The lowest BCUT2D eigenvalue weighted by atomic mass is 10.1. The minimum absolute atomic E-state index is 0.0277. The Hall–Kier alpha value is -4.75. The van der Waals surface area contributed by atoms with Gasteiger partial charge in [0, 0.05) is 23.1 Å². The molecule has 214 valence electrons. The molecule has 1 aromatic heterocycles. The minimum atomic E-state index is -4.02. The number of H-pyrrole nitrogens is 1. The summed E-state index contributed by atoms with van der Waals surface area (Å²) in [6.45, 7) is 4.99. The molecule has 10 nitrogen and oxygen atoms in total. The smallest absolute Gasteiger partial charge is 0.299 e. The van der Waals surface area contributed by atoms with Crippen LogP contribution in [0.1, 0.15) is 29.9 Å². The molecule has 0 radical (unpaired) electrons. The standard InChI is InChI=1S/C28H28F2N6O4S/c1-15(2)35-41(38,39)36-24-13-23-17(11-21(24)30)12-25(33-23)27(37)19(14-31)28(32)34-22-9-8-18(10-16(22)3)40-26-7-5-4-6-20(26)29/h4-15,33,35-36H,31H2,1-3H3,(H2,32,34). The summed E-state index contributed by atoms with van der Waals surface area (Å²) in [5.41, 5.74) is 12.8.